The molecule has 5 heteroatoms. The van der Waals surface area contributed by atoms with E-state index in [2.05, 4.69) is 56.6 Å². The topological polar surface area (TPSA) is 44.4 Å². The second-order valence-corrected chi connectivity index (χ2v) is 6.38. The van der Waals surface area contributed by atoms with Gasteiger partial charge in [0.05, 0.1) is 5.69 Å². The molecule has 0 saturated carbocycles. The molecule has 0 radical (unpaired) electrons. The zero-order valence-corrected chi connectivity index (χ0v) is 14.4. The molecule has 0 unspecified atom stereocenters. The van der Waals surface area contributed by atoms with E-state index in [1.165, 1.54) is 11.3 Å². The average Bonchev–Trinajstić information content (AvgIpc) is 2.46. The van der Waals surface area contributed by atoms with Crippen LogP contribution in [0, 0.1) is 0 Å². The molecule has 1 saturated heterocycles. The van der Waals surface area contributed by atoms with Gasteiger partial charge in [-0.15, -0.1) is 0 Å². The number of carbonyl (C=O) groups excluding carboxylic acids is 1. The van der Waals surface area contributed by atoms with Gasteiger partial charge in [-0.3, -0.25) is 4.79 Å². The SMILES string of the molecule is CCNCc1ccc(N2CCC(NC(C)=O)CC2)c(Br)c1. The van der Waals surface area contributed by atoms with E-state index in [9.17, 15) is 4.79 Å². The van der Waals surface area contributed by atoms with Gasteiger partial charge in [0, 0.05) is 37.1 Å². The highest BCUT2D eigenvalue weighted by molar-refractivity contribution is 9.10. The summed E-state index contributed by atoms with van der Waals surface area (Å²) in [5.74, 6) is 0.0717. The number of anilines is 1. The summed E-state index contributed by atoms with van der Waals surface area (Å²) in [6.07, 6.45) is 2.01. The number of nitrogens with one attached hydrogen (secondary N) is 2. The van der Waals surface area contributed by atoms with Crippen LogP contribution in [0.5, 0.6) is 0 Å². The number of benzene rings is 1. The highest BCUT2D eigenvalue weighted by Gasteiger charge is 2.21. The van der Waals surface area contributed by atoms with Crippen molar-refractivity contribution in [3.05, 3.63) is 28.2 Å². The molecule has 0 bridgehead atoms. The monoisotopic (exact) mass is 353 g/mol. The fraction of sp³-hybridized carbons (Fsp3) is 0.562. The van der Waals surface area contributed by atoms with Crippen molar-refractivity contribution in [3.63, 3.8) is 0 Å². The molecule has 4 nitrogen and oxygen atoms in total. The first-order chi connectivity index (χ1) is 10.1. The smallest absolute Gasteiger partial charge is 0.217 e. The Morgan fingerprint density at radius 3 is 2.67 bits per heavy atom. The van der Waals surface area contributed by atoms with Gasteiger partial charge in [0.15, 0.2) is 0 Å². The van der Waals surface area contributed by atoms with Crippen molar-refractivity contribution in [2.75, 3.05) is 24.5 Å². The molecule has 0 spiro atoms. The Kier molecular flexibility index (Phi) is 6.06. The predicted molar refractivity (Wildman–Crippen MR) is 90.6 cm³/mol. The molecule has 1 amide bonds. The van der Waals surface area contributed by atoms with Crippen molar-refractivity contribution in [1.82, 2.24) is 10.6 Å². The van der Waals surface area contributed by atoms with Gasteiger partial charge in [-0.2, -0.15) is 0 Å². The molecule has 1 aromatic rings. The van der Waals surface area contributed by atoms with Gasteiger partial charge in [0.2, 0.25) is 5.91 Å². The minimum Gasteiger partial charge on any atom is -0.370 e. The minimum absolute atomic E-state index is 0.0717. The molecule has 21 heavy (non-hydrogen) atoms. The zero-order chi connectivity index (χ0) is 15.2. The number of piperidine rings is 1. The van der Waals surface area contributed by atoms with Crippen LogP contribution in [0.2, 0.25) is 0 Å². The third kappa shape index (κ3) is 4.71. The number of carbonyl (C=O) groups is 1. The molecule has 1 aliphatic rings. The van der Waals surface area contributed by atoms with Crippen molar-refractivity contribution >= 4 is 27.5 Å². The Labute approximate surface area is 135 Å². The highest BCUT2D eigenvalue weighted by Crippen LogP contribution is 2.29. The molecule has 1 heterocycles. The zero-order valence-electron chi connectivity index (χ0n) is 12.8. The second-order valence-electron chi connectivity index (χ2n) is 5.53. The van der Waals surface area contributed by atoms with Gasteiger partial charge in [-0.1, -0.05) is 13.0 Å². The van der Waals surface area contributed by atoms with E-state index in [4.69, 9.17) is 0 Å². The molecule has 1 aromatic carbocycles. The normalized spacial score (nSPS) is 16.0. The minimum atomic E-state index is 0.0717. The summed E-state index contributed by atoms with van der Waals surface area (Å²) >= 11 is 3.69. The third-order valence-electron chi connectivity index (χ3n) is 3.83. The highest BCUT2D eigenvalue weighted by atomic mass is 79.9. The maximum atomic E-state index is 11.1. The molecular weight excluding hydrogens is 330 g/mol. The van der Waals surface area contributed by atoms with Gasteiger partial charge in [-0.05, 0) is 53.0 Å². The lowest BCUT2D eigenvalue weighted by atomic mass is 10.0. The molecule has 1 fully saturated rings. The first-order valence-electron chi connectivity index (χ1n) is 7.61. The van der Waals surface area contributed by atoms with E-state index in [1.807, 2.05) is 0 Å². The number of amides is 1. The van der Waals surface area contributed by atoms with Crippen LogP contribution in [0.3, 0.4) is 0 Å². The maximum absolute atomic E-state index is 11.1. The van der Waals surface area contributed by atoms with Crippen LogP contribution in [-0.2, 0) is 11.3 Å². The summed E-state index contributed by atoms with van der Waals surface area (Å²) in [4.78, 5) is 13.5. The average molecular weight is 354 g/mol. The molecule has 0 aromatic heterocycles. The summed E-state index contributed by atoms with van der Waals surface area (Å²) in [6.45, 7) is 7.55. The fourth-order valence-electron chi connectivity index (χ4n) is 2.74. The quantitative estimate of drug-likeness (QED) is 0.855. The van der Waals surface area contributed by atoms with Gasteiger partial charge >= 0.3 is 0 Å². The maximum Gasteiger partial charge on any atom is 0.217 e. The lowest BCUT2D eigenvalue weighted by Crippen LogP contribution is -2.44. The summed E-state index contributed by atoms with van der Waals surface area (Å²) in [7, 11) is 0. The van der Waals surface area contributed by atoms with Crippen LogP contribution in [0.15, 0.2) is 22.7 Å². The van der Waals surface area contributed by atoms with E-state index in [0.29, 0.717) is 6.04 Å². The van der Waals surface area contributed by atoms with Crippen molar-refractivity contribution in [1.29, 1.82) is 0 Å². The number of hydrogen-bond acceptors (Lipinski definition) is 3. The molecule has 0 atom stereocenters. The molecule has 2 rings (SSSR count). The van der Waals surface area contributed by atoms with Crippen LogP contribution < -0.4 is 15.5 Å². The predicted octanol–water partition coefficient (Wildman–Crippen LogP) is 2.66. The molecule has 0 aliphatic carbocycles. The molecule has 2 N–H and O–H groups in total. The van der Waals surface area contributed by atoms with Crippen LogP contribution in [0.25, 0.3) is 0 Å². The van der Waals surface area contributed by atoms with Gasteiger partial charge in [0.25, 0.3) is 0 Å². The first kappa shape index (κ1) is 16.3. The van der Waals surface area contributed by atoms with Crippen LogP contribution >= 0.6 is 15.9 Å². The van der Waals surface area contributed by atoms with Crippen molar-refractivity contribution in [2.24, 2.45) is 0 Å². The van der Waals surface area contributed by atoms with E-state index < -0.39 is 0 Å². The Balaban J connectivity index is 1.95. The van der Waals surface area contributed by atoms with Crippen LogP contribution in [0.1, 0.15) is 32.3 Å². The Bertz CT molecular complexity index is 484. The largest absolute Gasteiger partial charge is 0.370 e. The number of rotatable bonds is 5. The van der Waals surface area contributed by atoms with Crippen molar-refractivity contribution < 1.29 is 4.79 Å². The summed E-state index contributed by atoms with van der Waals surface area (Å²) < 4.78 is 1.15. The standard InChI is InChI=1S/C16H24BrN3O/c1-3-18-11-13-4-5-16(15(17)10-13)20-8-6-14(7-9-20)19-12(2)21/h4-5,10,14,18H,3,6-9,11H2,1-2H3,(H,19,21). The van der Waals surface area contributed by atoms with E-state index in [1.54, 1.807) is 6.92 Å². The number of hydrogen-bond donors (Lipinski definition) is 2. The van der Waals surface area contributed by atoms with Gasteiger partial charge in [0.1, 0.15) is 0 Å². The van der Waals surface area contributed by atoms with E-state index in [-0.39, 0.29) is 5.91 Å². The van der Waals surface area contributed by atoms with Crippen LogP contribution in [-0.4, -0.2) is 31.6 Å². The molecule has 116 valence electrons. The molecular formula is C16H24BrN3O. The Hall–Kier alpha value is -1.07. The third-order valence-corrected chi connectivity index (χ3v) is 4.47. The van der Waals surface area contributed by atoms with Crippen molar-refractivity contribution in [2.45, 2.75) is 39.3 Å². The fourth-order valence-corrected chi connectivity index (χ4v) is 3.42. The van der Waals surface area contributed by atoms with Crippen molar-refractivity contribution in [3.8, 4) is 0 Å². The summed E-state index contributed by atoms with van der Waals surface area (Å²) in [5, 5.41) is 6.36. The lowest BCUT2D eigenvalue weighted by Gasteiger charge is -2.34. The summed E-state index contributed by atoms with van der Waals surface area (Å²) in [5.41, 5.74) is 2.54. The molecule has 1 aliphatic heterocycles. The second kappa shape index (κ2) is 7.80. The Morgan fingerprint density at radius 2 is 2.10 bits per heavy atom. The van der Waals surface area contributed by atoms with Gasteiger partial charge in [-0.25, -0.2) is 0 Å². The summed E-state index contributed by atoms with van der Waals surface area (Å²) in [6, 6.07) is 6.89. The van der Waals surface area contributed by atoms with Gasteiger partial charge < -0.3 is 15.5 Å². The van der Waals surface area contributed by atoms with E-state index >= 15 is 0 Å². The lowest BCUT2D eigenvalue weighted by molar-refractivity contribution is -0.119. The van der Waals surface area contributed by atoms with Crippen LogP contribution in [0.4, 0.5) is 5.69 Å². The first-order valence-corrected chi connectivity index (χ1v) is 8.40. The number of nitrogens with zero attached hydrogens (tertiary/aromatic N) is 1. The Morgan fingerprint density at radius 1 is 1.38 bits per heavy atom. The van der Waals surface area contributed by atoms with E-state index in [0.717, 1.165) is 43.5 Å². The number of halogens is 1.